The molecule has 0 amide bonds. The summed E-state index contributed by atoms with van der Waals surface area (Å²) in [5.41, 5.74) is 1.59. The predicted molar refractivity (Wildman–Crippen MR) is 104 cm³/mol. The Bertz CT molecular complexity index is 1100. The summed E-state index contributed by atoms with van der Waals surface area (Å²) in [6.07, 6.45) is 0. The summed E-state index contributed by atoms with van der Waals surface area (Å²) in [6, 6.07) is 10.9. The molecule has 0 N–H and O–H groups in total. The van der Waals surface area contributed by atoms with Gasteiger partial charge in [0.05, 0.1) is 26.9 Å². The van der Waals surface area contributed by atoms with Gasteiger partial charge in [-0.25, -0.2) is 0 Å². The van der Waals surface area contributed by atoms with Crippen LogP contribution in [0.3, 0.4) is 0 Å². The number of hydrogen-bond acceptors (Lipinski definition) is 7. The van der Waals surface area contributed by atoms with Crippen molar-refractivity contribution >= 4 is 27.9 Å². The van der Waals surface area contributed by atoms with Crippen molar-refractivity contribution < 1.29 is 14.2 Å². The fraction of sp³-hybridized carbons (Fsp3) is 0.167. The lowest BCUT2D eigenvalue weighted by atomic mass is 10.2. The highest BCUT2D eigenvalue weighted by atomic mass is 35.5. The van der Waals surface area contributed by atoms with Gasteiger partial charge in [-0.2, -0.15) is 9.61 Å². The summed E-state index contributed by atoms with van der Waals surface area (Å²) in [4.78, 5) is 0.656. The Morgan fingerprint density at radius 3 is 2.33 bits per heavy atom. The molecular weight excluding hydrogens is 388 g/mol. The summed E-state index contributed by atoms with van der Waals surface area (Å²) in [5, 5.41) is 14.5. The Hall–Kier alpha value is -2.84. The van der Waals surface area contributed by atoms with E-state index in [0.717, 1.165) is 16.1 Å². The minimum atomic E-state index is 0.557. The van der Waals surface area contributed by atoms with Gasteiger partial charge in [-0.3, -0.25) is 0 Å². The van der Waals surface area contributed by atoms with Crippen molar-refractivity contribution in [2.24, 2.45) is 0 Å². The van der Waals surface area contributed by atoms with E-state index in [-0.39, 0.29) is 0 Å². The molecule has 2 aromatic heterocycles. The smallest absolute Gasteiger partial charge is 0.235 e. The standard InChI is InChI=1S/C18H15ClN4O3S/c1-24-12-6-10(7-13(9-12)25-2)17-22-23-16(20-21-18(23)27-17)14-8-11(19)4-5-15(14)26-3/h4-9H,1-3H3. The van der Waals surface area contributed by atoms with Gasteiger partial charge < -0.3 is 14.2 Å². The number of nitrogens with zero attached hydrogens (tertiary/aromatic N) is 4. The summed E-state index contributed by atoms with van der Waals surface area (Å²) in [7, 11) is 4.82. The first-order valence-corrected chi connectivity index (χ1v) is 9.12. The molecule has 4 aromatic rings. The Balaban J connectivity index is 1.85. The number of hydrogen-bond donors (Lipinski definition) is 0. The quantitative estimate of drug-likeness (QED) is 0.498. The average Bonchev–Trinajstić information content (AvgIpc) is 3.28. The summed E-state index contributed by atoms with van der Waals surface area (Å²) < 4.78 is 17.8. The molecule has 138 valence electrons. The zero-order chi connectivity index (χ0) is 19.0. The van der Waals surface area contributed by atoms with Gasteiger partial charge >= 0.3 is 0 Å². The molecule has 0 bridgehead atoms. The van der Waals surface area contributed by atoms with E-state index in [1.807, 2.05) is 18.2 Å². The molecule has 0 aliphatic rings. The molecule has 7 nitrogen and oxygen atoms in total. The van der Waals surface area contributed by atoms with E-state index in [4.69, 9.17) is 25.8 Å². The Labute approximate surface area is 164 Å². The summed E-state index contributed by atoms with van der Waals surface area (Å²) in [5.74, 6) is 2.58. The lowest BCUT2D eigenvalue weighted by Gasteiger charge is -2.07. The molecule has 0 spiro atoms. The van der Waals surface area contributed by atoms with Crippen LogP contribution in [0.5, 0.6) is 17.2 Å². The third-order valence-electron chi connectivity index (χ3n) is 3.99. The third-order valence-corrected chi connectivity index (χ3v) is 5.17. The summed E-state index contributed by atoms with van der Waals surface area (Å²) in [6.45, 7) is 0. The van der Waals surface area contributed by atoms with E-state index in [9.17, 15) is 0 Å². The van der Waals surface area contributed by atoms with Crippen molar-refractivity contribution in [3.05, 3.63) is 41.4 Å². The number of benzene rings is 2. The predicted octanol–water partition coefficient (Wildman–Crippen LogP) is 4.20. The van der Waals surface area contributed by atoms with Crippen LogP contribution in [0.15, 0.2) is 36.4 Å². The van der Waals surface area contributed by atoms with Crippen molar-refractivity contribution in [2.45, 2.75) is 0 Å². The Morgan fingerprint density at radius 2 is 1.67 bits per heavy atom. The molecule has 4 rings (SSSR count). The first kappa shape index (κ1) is 17.6. The third kappa shape index (κ3) is 3.17. The van der Waals surface area contributed by atoms with Crippen molar-refractivity contribution in [2.75, 3.05) is 21.3 Å². The topological polar surface area (TPSA) is 70.8 Å². The molecular formula is C18H15ClN4O3S. The van der Waals surface area contributed by atoms with Gasteiger partial charge in [0.25, 0.3) is 0 Å². The second-order valence-corrected chi connectivity index (χ2v) is 6.96. The van der Waals surface area contributed by atoms with Gasteiger partial charge in [0.2, 0.25) is 4.96 Å². The van der Waals surface area contributed by atoms with Crippen LogP contribution >= 0.6 is 22.9 Å². The Morgan fingerprint density at radius 1 is 0.926 bits per heavy atom. The zero-order valence-corrected chi connectivity index (χ0v) is 16.3. The number of rotatable bonds is 5. The van der Waals surface area contributed by atoms with E-state index in [1.54, 1.807) is 44.0 Å². The fourth-order valence-electron chi connectivity index (χ4n) is 2.69. The number of halogens is 1. The molecule has 0 aliphatic carbocycles. The van der Waals surface area contributed by atoms with Crippen molar-refractivity contribution in [1.29, 1.82) is 0 Å². The largest absolute Gasteiger partial charge is 0.497 e. The number of methoxy groups -OCH3 is 3. The van der Waals surface area contributed by atoms with Crippen molar-refractivity contribution in [3.8, 4) is 39.2 Å². The Kier molecular flexibility index (Phi) is 4.59. The van der Waals surface area contributed by atoms with Crippen LogP contribution in [-0.4, -0.2) is 41.1 Å². The second kappa shape index (κ2) is 7.05. The van der Waals surface area contributed by atoms with Crippen molar-refractivity contribution in [3.63, 3.8) is 0 Å². The number of ether oxygens (including phenoxy) is 3. The van der Waals surface area contributed by atoms with Crippen LogP contribution in [0.2, 0.25) is 5.02 Å². The molecule has 0 aliphatic heterocycles. The van der Waals surface area contributed by atoms with Crippen LogP contribution in [0.1, 0.15) is 0 Å². The maximum Gasteiger partial charge on any atom is 0.235 e. The van der Waals surface area contributed by atoms with Gasteiger partial charge in [-0.15, -0.1) is 10.2 Å². The summed E-state index contributed by atoms with van der Waals surface area (Å²) >= 11 is 7.57. The fourth-order valence-corrected chi connectivity index (χ4v) is 3.69. The molecule has 0 saturated carbocycles. The number of fused-ring (bicyclic) bond motifs is 1. The molecule has 2 aromatic carbocycles. The first-order chi connectivity index (χ1) is 13.1. The second-order valence-electron chi connectivity index (χ2n) is 5.57. The van der Waals surface area contributed by atoms with E-state index < -0.39 is 0 Å². The van der Waals surface area contributed by atoms with Crippen LogP contribution in [0.4, 0.5) is 0 Å². The van der Waals surface area contributed by atoms with E-state index in [0.29, 0.717) is 33.1 Å². The normalized spacial score (nSPS) is 11.0. The molecule has 9 heteroatoms. The molecule has 2 heterocycles. The SMILES string of the molecule is COc1cc(OC)cc(-c2nn3c(-c4cc(Cl)ccc4OC)nnc3s2)c1. The first-order valence-electron chi connectivity index (χ1n) is 7.92. The van der Waals surface area contributed by atoms with Crippen LogP contribution in [0.25, 0.3) is 26.9 Å². The van der Waals surface area contributed by atoms with Gasteiger partial charge in [-0.05, 0) is 30.3 Å². The van der Waals surface area contributed by atoms with Gasteiger partial charge in [0, 0.05) is 16.7 Å². The van der Waals surface area contributed by atoms with Gasteiger partial charge in [-0.1, -0.05) is 22.9 Å². The van der Waals surface area contributed by atoms with E-state index in [2.05, 4.69) is 15.3 Å². The number of aromatic nitrogens is 4. The average molecular weight is 403 g/mol. The minimum Gasteiger partial charge on any atom is -0.497 e. The molecule has 0 saturated heterocycles. The highest BCUT2D eigenvalue weighted by molar-refractivity contribution is 7.19. The van der Waals surface area contributed by atoms with E-state index >= 15 is 0 Å². The molecule has 0 radical (unpaired) electrons. The van der Waals surface area contributed by atoms with E-state index in [1.165, 1.54) is 11.3 Å². The van der Waals surface area contributed by atoms with Gasteiger partial charge in [0.15, 0.2) is 5.82 Å². The highest BCUT2D eigenvalue weighted by Crippen LogP contribution is 2.35. The van der Waals surface area contributed by atoms with Crippen molar-refractivity contribution in [1.82, 2.24) is 19.8 Å². The van der Waals surface area contributed by atoms with Gasteiger partial charge in [0.1, 0.15) is 22.3 Å². The maximum absolute atomic E-state index is 6.15. The maximum atomic E-state index is 6.15. The highest BCUT2D eigenvalue weighted by Gasteiger charge is 2.18. The minimum absolute atomic E-state index is 0.557. The molecule has 27 heavy (non-hydrogen) atoms. The van der Waals surface area contributed by atoms with Crippen LogP contribution in [-0.2, 0) is 0 Å². The lowest BCUT2D eigenvalue weighted by molar-refractivity contribution is 0.394. The monoisotopic (exact) mass is 402 g/mol. The van der Waals surface area contributed by atoms with Crippen LogP contribution in [0, 0.1) is 0 Å². The molecule has 0 unspecified atom stereocenters. The lowest BCUT2D eigenvalue weighted by Crippen LogP contribution is -1.95. The zero-order valence-electron chi connectivity index (χ0n) is 14.8. The van der Waals surface area contributed by atoms with Crippen LogP contribution < -0.4 is 14.2 Å². The molecule has 0 atom stereocenters. The molecule has 0 fully saturated rings.